The van der Waals surface area contributed by atoms with Crippen LogP contribution in [0.5, 0.6) is 5.75 Å². The summed E-state index contributed by atoms with van der Waals surface area (Å²) in [5, 5.41) is 0. The summed E-state index contributed by atoms with van der Waals surface area (Å²) in [6, 6.07) is 7.69. The number of carbonyl (C=O) groups is 1. The molecule has 0 bridgehead atoms. The Morgan fingerprint density at radius 3 is 2.56 bits per heavy atom. The van der Waals surface area contributed by atoms with Crippen LogP contribution in [0, 0.1) is 5.92 Å². The van der Waals surface area contributed by atoms with Crippen molar-refractivity contribution in [2.75, 3.05) is 6.54 Å². The molecule has 0 amide bonds. The maximum absolute atomic E-state index is 11.4. The lowest BCUT2D eigenvalue weighted by atomic mass is 10.1. The van der Waals surface area contributed by atoms with Gasteiger partial charge in [0.25, 0.3) is 0 Å². The van der Waals surface area contributed by atoms with Crippen LogP contribution in [0.3, 0.4) is 0 Å². The Balaban J connectivity index is 1.88. The Morgan fingerprint density at radius 1 is 1.31 bits per heavy atom. The molecule has 2 rings (SSSR count). The fourth-order valence-electron chi connectivity index (χ4n) is 1.55. The van der Waals surface area contributed by atoms with E-state index in [-0.39, 0.29) is 11.9 Å². The highest BCUT2D eigenvalue weighted by Gasteiger charge is 2.31. The van der Waals surface area contributed by atoms with Gasteiger partial charge in [-0.15, -0.1) is 0 Å². The molecule has 0 spiro atoms. The number of benzene rings is 1. The second-order valence-corrected chi connectivity index (χ2v) is 4.23. The van der Waals surface area contributed by atoms with Crippen molar-refractivity contribution in [1.29, 1.82) is 0 Å². The van der Waals surface area contributed by atoms with Gasteiger partial charge in [0.15, 0.2) is 0 Å². The van der Waals surface area contributed by atoms with Crippen LogP contribution in [0.4, 0.5) is 0 Å². The molecule has 1 saturated carbocycles. The van der Waals surface area contributed by atoms with Crippen LogP contribution in [0.2, 0.25) is 0 Å². The largest absolute Gasteiger partial charge is 0.426 e. The third kappa shape index (κ3) is 3.07. The summed E-state index contributed by atoms with van der Waals surface area (Å²) in [7, 11) is 0. The van der Waals surface area contributed by atoms with E-state index in [2.05, 4.69) is 0 Å². The van der Waals surface area contributed by atoms with Gasteiger partial charge in [0.2, 0.25) is 0 Å². The summed E-state index contributed by atoms with van der Waals surface area (Å²) in [4.78, 5) is 11.4. The molecule has 1 aromatic rings. The first kappa shape index (κ1) is 11.1. The number of rotatable bonds is 5. The minimum absolute atomic E-state index is 0.0882. The average Bonchev–Trinajstić information content (AvgIpc) is 3.12. The summed E-state index contributed by atoms with van der Waals surface area (Å²) >= 11 is 0. The maximum atomic E-state index is 11.4. The molecule has 0 aromatic heterocycles. The van der Waals surface area contributed by atoms with Gasteiger partial charge in [-0.1, -0.05) is 12.1 Å². The van der Waals surface area contributed by atoms with Crippen LogP contribution in [0.15, 0.2) is 24.3 Å². The molecular formula is C13H17NO2. The highest BCUT2D eigenvalue weighted by Crippen LogP contribution is 2.30. The molecule has 16 heavy (non-hydrogen) atoms. The number of esters is 1. The van der Waals surface area contributed by atoms with Crippen molar-refractivity contribution in [3.05, 3.63) is 29.8 Å². The van der Waals surface area contributed by atoms with Crippen molar-refractivity contribution in [2.45, 2.75) is 25.7 Å². The van der Waals surface area contributed by atoms with Gasteiger partial charge in [0.1, 0.15) is 5.75 Å². The molecule has 0 unspecified atom stereocenters. The van der Waals surface area contributed by atoms with Crippen molar-refractivity contribution in [2.24, 2.45) is 11.7 Å². The summed E-state index contributed by atoms with van der Waals surface area (Å²) in [6.07, 6.45) is 3.93. The van der Waals surface area contributed by atoms with Gasteiger partial charge >= 0.3 is 5.97 Å². The number of carbonyl (C=O) groups excluding carboxylic acids is 1. The Hall–Kier alpha value is -1.35. The SMILES string of the molecule is NCCCc1ccc(OC(=O)C2CC2)cc1. The first-order valence-electron chi connectivity index (χ1n) is 5.80. The zero-order valence-corrected chi connectivity index (χ0v) is 9.32. The molecule has 1 aromatic carbocycles. The van der Waals surface area contributed by atoms with Crippen LogP contribution in [-0.2, 0) is 11.2 Å². The van der Waals surface area contributed by atoms with E-state index in [4.69, 9.17) is 10.5 Å². The summed E-state index contributed by atoms with van der Waals surface area (Å²) < 4.78 is 5.23. The molecule has 0 heterocycles. The molecule has 2 N–H and O–H groups in total. The van der Waals surface area contributed by atoms with Crippen LogP contribution in [0.25, 0.3) is 0 Å². The smallest absolute Gasteiger partial charge is 0.314 e. The highest BCUT2D eigenvalue weighted by molar-refractivity contribution is 5.77. The second-order valence-electron chi connectivity index (χ2n) is 4.23. The van der Waals surface area contributed by atoms with E-state index in [1.54, 1.807) is 0 Å². The van der Waals surface area contributed by atoms with Crippen LogP contribution in [0.1, 0.15) is 24.8 Å². The van der Waals surface area contributed by atoms with E-state index in [0.29, 0.717) is 12.3 Å². The van der Waals surface area contributed by atoms with Gasteiger partial charge in [-0.2, -0.15) is 0 Å². The number of ether oxygens (including phenoxy) is 1. The van der Waals surface area contributed by atoms with Crippen molar-refractivity contribution < 1.29 is 9.53 Å². The lowest BCUT2D eigenvalue weighted by molar-refractivity contribution is -0.135. The fourth-order valence-corrected chi connectivity index (χ4v) is 1.55. The third-order valence-electron chi connectivity index (χ3n) is 2.72. The van der Waals surface area contributed by atoms with E-state index in [1.165, 1.54) is 5.56 Å². The molecule has 0 saturated heterocycles. The molecule has 0 aliphatic heterocycles. The van der Waals surface area contributed by atoms with Gasteiger partial charge in [-0.25, -0.2) is 0 Å². The van der Waals surface area contributed by atoms with Crippen LogP contribution < -0.4 is 10.5 Å². The standard InChI is InChI=1S/C13H17NO2/c14-9-1-2-10-3-7-12(8-4-10)16-13(15)11-5-6-11/h3-4,7-8,11H,1-2,5-6,9,14H2. The zero-order valence-electron chi connectivity index (χ0n) is 9.32. The topological polar surface area (TPSA) is 52.3 Å². The van der Waals surface area contributed by atoms with E-state index in [0.717, 1.165) is 25.7 Å². The monoisotopic (exact) mass is 219 g/mol. The molecule has 0 radical (unpaired) electrons. The highest BCUT2D eigenvalue weighted by atomic mass is 16.5. The number of nitrogens with two attached hydrogens (primary N) is 1. The Kier molecular flexibility index (Phi) is 3.57. The molecular weight excluding hydrogens is 202 g/mol. The Bertz CT molecular complexity index is 355. The molecule has 3 nitrogen and oxygen atoms in total. The Labute approximate surface area is 95.6 Å². The Morgan fingerprint density at radius 2 is 2.00 bits per heavy atom. The predicted molar refractivity (Wildman–Crippen MR) is 62.2 cm³/mol. The van der Waals surface area contributed by atoms with Crippen molar-refractivity contribution in [3.63, 3.8) is 0 Å². The maximum Gasteiger partial charge on any atom is 0.314 e. The quantitative estimate of drug-likeness (QED) is 0.607. The van der Waals surface area contributed by atoms with E-state index in [1.807, 2.05) is 24.3 Å². The summed E-state index contributed by atoms with van der Waals surface area (Å²) in [5.74, 6) is 0.708. The predicted octanol–water partition coefficient (Wildman–Crippen LogP) is 1.89. The summed E-state index contributed by atoms with van der Waals surface area (Å²) in [6.45, 7) is 0.707. The minimum atomic E-state index is -0.0882. The lowest BCUT2D eigenvalue weighted by Crippen LogP contribution is -2.09. The van der Waals surface area contributed by atoms with Crippen molar-refractivity contribution in [3.8, 4) is 5.75 Å². The van der Waals surface area contributed by atoms with Crippen LogP contribution in [-0.4, -0.2) is 12.5 Å². The number of hydrogen-bond donors (Lipinski definition) is 1. The van der Waals surface area contributed by atoms with Gasteiger partial charge in [-0.3, -0.25) is 4.79 Å². The molecule has 1 fully saturated rings. The number of hydrogen-bond acceptors (Lipinski definition) is 3. The van der Waals surface area contributed by atoms with Crippen molar-refractivity contribution in [1.82, 2.24) is 0 Å². The van der Waals surface area contributed by atoms with Gasteiger partial charge in [-0.05, 0) is 49.9 Å². The van der Waals surface area contributed by atoms with Crippen LogP contribution >= 0.6 is 0 Å². The van der Waals surface area contributed by atoms with Gasteiger partial charge < -0.3 is 10.5 Å². The molecule has 3 heteroatoms. The molecule has 0 atom stereocenters. The molecule has 1 aliphatic rings. The lowest BCUT2D eigenvalue weighted by Gasteiger charge is -2.04. The normalized spacial score (nSPS) is 14.8. The van der Waals surface area contributed by atoms with Gasteiger partial charge in [0, 0.05) is 0 Å². The second kappa shape index (κ2) is 5.12. The third-order valence-corrected chi connectivity index (χ3v) is 2.72. The first-order valence-corrected chi connectivity index (χ1v) is 5.80. The molecule has 86 valence electrons. The average molecular weight is 219 g/mol. The minimum Gasteiger partial charge on any atom is -0.426 e. The van der Waals surface area contributed by atoms with Gasteiger partial charge in [0.05, 0.1) is 5.92 Å². The van der Waals surface area contributed by atoms with E-state index < -0.39 is 0 Å². The number of aryl methyl sites for hydroxylation is 1. The molecule has 1 aliphatic carbocycles. The van der Waals surface area contributed by atoms with E-state index in [9.17, 15) is 4.79 Å². The summed E-state index contributed by atoms with van der Waals surface area (Å²) in [5.41, 5.74) is 6.68. The zero-order chi connectivity index (χ0) is 11.4. The van der Waals surface area contributed by atoms with E-state index >= 15 is 0 Å². The first-order chi connectivity index (χ1) is 7.79. The fraction of sp³-hybridized carbons (Fsp3) is 0.462. The van der Waals surface area contributed by atoms with Crippen molar-refractivity contribution >= 4 is 5.97 Å².